The van der Waals surface area contributed by atoms with Crippen LogP contribution in [0.1, 0.15) is 0 Å². The van der Waals surface area contributed by atoms with Gasteiger partial charge in [0.15, 0.2) is 11.1 Å². The van der Waals surface area contributed by atoms with Gasteiger partial charge in [-0.3, -0.25) is 5.11 Å². The number of aromatic nitrogens is 2. The van der Waals surface area contributed by atoms with E-state index in [0.29, 0.717) is 11.1 Å². The molecule has 49 valence electrons. The molecule has 0 atom stereocenters. The number of nitrogens with zero attached hydrogens (tertiary/aromatic N) is 2. The minimum atomic E-state index is -0.154. The Kier molecular flexibility index (Phi) is 0.887. The Labute approximate surface area is 56.1 Å². The summed E-state index contributed by atoms with van der Waals surface area (Å²) in [4.78, 5) is 0. The third-order valence-corrected chi connectivity index (χ3v) is 1.24. The number of hydrogen-bond acceptors (Lipinski definition) is 3. The highest BCUT2D eigenvalue weighted by Crippen LogP contribution is 2.20. The third kappa shape index (κ3) is 0.556. The van der Waals surface area contributed by atoms with Crippen molar-refractivity contribution in [3.8, 4) is 5.75 Å². The third-order valence-electron chi connectivity index (χ3n) is 1.24. The Morgan fingerprint density at radius 3 is 3.10 bits per heavy atom. The second kappa shape index (κ2) is 1.70. The first-order chi connectivity index (χ1) is 4.88. The Morgan fingerprint density at radius 1 is 1.40 bits per heavy atom. The molecule has 0 bridgehead atoms. The van der Waals surface area contributed by atoms with Gasteiger partial charge in [-0.2, -0.15) is 0 Å². The first kappa shape index (κ1) is 5.22. The van der Waals surface area contributed by atoms with Crippen LogP contribution < -0.4 is 0 Å². The summed E-state index contributed by atoms with van der Waals surface area (Å²) in [6, 6.07) is 4.68. The van der Waals surface area contributed by atoms with Crippen LogP contribution in [0.25, 0.3) is 11.1 Å². The molecule has 1 radical (unpaired) electrons. The summed E-state index contributed by atoms with van der Waals surface area (Å²) in [5.41, 5.74) is 0.731. The van der Waals surface area contributed by atoms with Crippen molar-refractivity contribution < 1.29 is 9.63 Å². The van der Waals surface area contributed by atoms with Crippen molar-refractivity contribution in [2.24, 2.45) is 0 Å². The largest absolute Gasteiger partial charge is 0.337 e. The first-order valence-corrected chi connectivity index (χ1v) is 2.76. The zero-order valence-electron chi connectivity index (χ0n) is 4.94. The van der Waals surface area contributed by atoms with Crippen LogP contribution in [0, 0.1) is 0 Å². The molecule has 0 spiro atoms. The van der Waals surface area contributed by atoms with E-state index in [-0.39, 0.29) is 5.75 Å². The fourth-order valence-corrected chi connectivity index (χ4v) is 0.780. The monoisotopic (exact) mass is 135 g/mol. The van der Waals surface area contributed by atoms with Crippen molar-refractivity contribution in [3.63, 3.8) is 0 Å². The molecule has 0 unspecified atom stereocenters. The Hall–Kier alpha value is -1.58. The number of benzene rings is 1. The van der Waals surface area contributed by atoms with Gasteiger partial charge in [0, 0.05) is 5.27 Å². The molecule has 2 rings (SSSR count). The van der Waals surface area contributed by atoms with Crippen LogP contribution in [0.4, 0.5) is 0 Å². The Morgan fingerprint density at radius 2 is 2.30 bits per heavy atom. The smallest absolute Gasteiger partial charge is 0.210 e. The van der Waals surface area contributed by atoms with Gasteiger partial charge in [0.25, 0.3) is 0 Å². The van der Waals surface area contributed by atoms with Gasteiger partial charge >= 0.3 is 0 Å². The maximum absolute atomic E-state index is 10.9. The van der Waals surface area contributed by atoms with Crippen LogP contribution in [0.5, 0.6) is 5.75 Å². The average molecular weight is 135 g/mol. The molecule has 0 aliphatic heterocycles. The summed E-state index contributed by atoms with van der Waals surface area (Å²) < 4.78 is 4.64. The van der Waals surface area contributed by atoms with Gasteiger partial charge in [0.05, 0.1) is 0 Å². The minimum Gasteiger partial charge on any atom is -0.337 e. The SMILES string of the molecule is [O]c1cccc2onnc12. The van der Waals surface area contributed by atoms with E-state index >= 15 is 0 Å². The fraction of sp³-hybridized carbons (Fsp3) is 0. The summed E-state index contributed by atoms with van der Waals surface area (Å²) in [7, 11) is 0. The van der Waals surface area contributed by atoms with Crippen molar-refractivity contribution in [2.45, 2.75) is 0 Å². The summed E-state index contributed by atoms with van der Waals surface area (Å²) in [6.07, 6.45) is 0. The summed E-state index contributed by atoms with van der Waals surface area (Å²) >= 11 is 0. The highest BCUT2D eigenvalue weighted by atomic mass is 16.5. The van der Waals surface area contributed by atoms with Crippen molar-refractivity contribution >= 4 is 11.1 Å². The maximum atomic E-state index is 10.9. The van der Waals surface area contributed by atoms with E-state index in [1.54, 1.807) is 12.1 Å². The van der Waals surface area contributed by atoms with E-state index < -0.39 is 0 Å². The van der Waals surface area contributed by atoms with E-state index in [2.05, 4.69) is 14.9 Å². The van der Waals surface area contributed by atoms with E-state index in [9.17, 15) is 5.11 Å². The topological polar surface area (TPSA) is 58.8 Å². The molecule has 0 aliphatic carbocycles. The fourth-order valence-electron chi connectivity index (χ4n) is 0.780. The lowest BCUT2D eigenvalue weighted by Gasteiger charge is -1.82. The Bertz CT molecular complexity index is 355. The molecular weight excluding hydrogens is 132 g/mol. The van der Waals surface area contributed by atoms with Crippen LogP contribution in [-0.2, 0) is 5.11 Å². The molecule has 1 heterocycles. The lowest BCUT2D eigenvalue weighted by atomic mass is 10.3. The van der Waals surface area contributed by atoms with Crippen LogP contribution in [0.2, 0.25) is 0 Å². The normalized spacial score (nSPS) is 10.4. The molecular formula is C6H3N2O2. The predicted octanol–water partition coefficient (Wildman–Crippen LogP) is 1.37. The van der Waals surface area contributed by atoms with E-state index in [0.717, 1.165) is 0 Å². The molecule has 0 saturated heterocycles. The van der Waals surface area contributed by atoms with Crippen LogP contribution in [-0.4, -0.2) is 10.4 Å². The molecule has 0 amide bonds. The molecule has 4 heteroatoms. The van der Waals surface area contributed by atoms with Gasteiger partial charge in [-0.25, -0.2) is 0 Å². The lowest BCUT2D eigenvalue weighted by molar-refractivity contribution is 0.359. The van der Waals surface area contributed by atoms with Gasteiger partial charge in [-0.05, 0) is 12.1 Å². The van der Waals surface area contributed by atoms with Crippen LogP contribution >= 0.6 is 0 Å². The highest BCUT2D eigenvalue weighted by molar-refractivity contribution is 5.77. The van der Waals surface area contributed by atoms with Crippen molar-refractivity contribution in [1.29, 1.82) is 0 Å². The van der Waals surface area contributed by atoms with Gasteiger partial charge in [0.1, 0.15) is 0 Å². The second-order valence-corrected chi connectivity index (χ2v) is 1.88. The Balaban J connectivity index is 2.95. The number of rotatable bonds is 0. The zero-order chi connectivity index (χ0) is 6.97. The van der Waals surface area contributed by atoms with Crippen molar-refractivity contribution in [2.75, 3.05) is 0 Å². The average Bonchev–Trinajstić information content (AvgIpc) is 2.36. The molecule has 1 aromatic heterocycles. The van der Waals surface area contributed by atoms with Crippen LogP contribution in [0.3, 0.4) is 0 Å². The zero-order valence-corrected chi connectivity index (χ0v) is 4.94. The molecule has 4 nitrogen and oxygen atoms in total. The highest BCUT2D eigenvalue weighted by Gasteiger charge is 2.04. The molecule has 0 fully saturated rings. The predicted molar refractivity (Wildman–Crippen MR) is 31.9 cm³/mol. The van der Waals surface area contributed by atoms with Gasteiger partial charge in [-0.15, -0.1) is 5.10 Å². The van der Waals surface area contributed by atoms with Gasteiger partial charge < -0.3 is 4.52 Å². The van der Waals surface area contributed by atoms with E-state index in [1.165, 1.54) is 6.07 Å². The van der Waals surface area contributed by atoms with E-state index in [4.69, 9.17) is 0 Å². The summed E-state index contributed by atoms with van der Waals surface area (Å²) in [5.74, 6) is -0.154. The first-order valence-electron chi connectivity index (χ1n) is 2.76. The van der Waals surface area contributed by atoms with Crippen molar-refractivity contribution in [3.05, 3.63) is 18.2 Å². The quantitative estimate of drug-likeness (QED) is 0.548. The van der Waals surface area contributed by atoms with Crippen molar-refractivity contribution in [1.82, 2.24) is 10.4 Å². The van der Waals surface area contributed by atoms with Gasteiger partial charge in [-0.1, -0.05) is 6.07 Å². The summed E-state index contributed by atoms with van der Waals surface area (Å²) in [6.45, 7) is 0. The second-order valence-electron chi connectivity index (χ2n) is 1.88. The maximum Gasteiger partial charge on any atom is 0.210 e. The molecule has 2 aromatic rings. The minimum absolute atomic E-state index is 0.154. The standard InChI is InChI=1S/C6H3N2O2/c9-4-2-1-3-5-6(4)7-8-10-5/h1-3H. The van der Waals surface area contributed by atoms with Crippen LogP contribution in [0.15, 0.2) is 22.7 Å². The molecule has 10 heavy (non-hydrogen) atoms. The molecule has 0 saturated carbocycles. The lowest BCUT2D eigenvalue weighted by Crippen LogP contribution is -1.67. The molecule has 1 aromatic carbocycles. The molecule has 0 N–H and O–H groups in total. The number of fused-ring (bicyclic) bond motifs is 1. The summed E-state index contributed by atoms with van der Waals surface area (Å²) in [5, 5.41) is 17.6. The van der Waals surface area contributed by atoms with E-state index in [1.807, 2.05) is 0 Å². The molecule has 0 aliphatic rings. The number of hydrogen-bond donors (Lipinski definition) is 0. The van der Waals surface area contributed by atoms with Gasteiger partial charge in [0.2, 0.25) is 5.75 Å².